The monoisotopic (exact) mass is 346 g/mol. The molecule has 0 bridgehead atoms. The Bertz CT molecular complexity index is 773. The van der Waals surface area contributed by atoms with Crippen molar-refractivity contribution in [2.75, 3.05) is 6.54 Å². The number of hydrogen-bond acceptors (Lipinski definition) is 3. The molecule has 1 aromatic heterocycles. The summed E-state index contributed by atoms with van der Waals surface area (Å²) in [7, 11) is 0. The van der Waals surface area contributed by atoms with Crippen LogP contribution in [0, 0.1) is 5.92 Å². The number of primary amides is 1. The van der Waals surface area contributed by atoms with Gasteiger partial charge in [0.15, 0.2) is 0 Å². The Morgan fingerprint density at radius 3 is 2.75 bits per heavy atom. The van der Waals surface area contributed by atoms with Crippen LogP contribution < -0.4 is 5.73 Å². The molecule has 6 nitrogen and oxygen atoms in total. The average Bonchev–Trinajstić information content (AvgIpc) is 3.04. The van der Waals surface area contributed by atoms with E-state index in [2.05, 4.69) is 5.10 Å². The number of nitrogens with two attached hydrogens (primary N) is 1. The van der Waals surface area contributed by atoms with Gasteiger partial charge in [0.25, 0.3) is 5.91 Å². The van der Waals surface area contributed by atoms with Crippen molar-refractivity contribution in [2.45, 2.75) is 25.8 Å². The van der Waals surface area contributed by atoms with Gasteiger partial charge in [0.1, 0.15) is 0 Å². The lowest BCUT2D eigenvalue weighted by Gasteiger charge is -2.36. The van der Waals surface area contributed by atoms with Gasteiger partial charge in [-0.25, -0.2) is 4.68 Å². The lowest BCUT2D eigenvalue weighted by Crippen LogP contribution is -2.48. The maximum Gasteiger partial charge on any atom is 0.257 e. The van der Waals surface area contributed by atoms with Crippen molar-refractivity contribution >= 4 is 23.4 Å². The zero-order chi connectivity index (χ0) is 17.3. The minimum absolute atomic E-state index is 0.0664. The van der Waals surface area contributed by atoms with E-state index >= 15 is 0 Å². The normalized spacial score (nSPS) is 20.8. The molecule has 0 spiro atoms. The molecule has 1 aliphatic rings. The molecule has 2 amide bonds. The van der Waals surface area contributed by atoms with Gasteiger partial charge in [0.2, 0.25) is 5.91 Å². The SMILES string of the molecule is C[C@H]1CC[C@H](C(N)=O)CN1C(=O)c1cnn(-c2ccccc2Cl)c1. The summed E-state index contributed by atoms with van der Waals surface area (Å²) < 4.78 is 1.58. The summed E-state index contributed by atoms with van der Waals surface area (Å²) >= 11 is 6.17. The van der Waals surface area contributed by atoms with Crippen LogP contribution in [0.4, 0.5) is 0 Å². The van der Waals surface area contributed by atoms with E-state index in [-0.39, 0.29) is 23.8 Å². The predicted molar refractivity (Wildman–Crippen MR) is 91.0 cm³/mol. The Hall–Kier alpha value is -2.34. The maximum absolute atomic E-state index is 12.8. The number of benzene rings is 1. The molecule has 1 saturated heterocycles. The summed E-state index contributed by atoms with van der Waals surface area (Å²) in [5.41, 5.74) is 6.58. The molecule has 126 valence electrons. The highest BCUT2D eigenvalue weighted by atomic mass is 35.5. The van der Waals surface area contributed by atoms with Gasteiger partial charge in [0.05, 0.1) is 28.4 Å². The number of carbonyl (C=O) groups is 2. The maximum atomic E-state index is 12.8. The summed E-state index contributed by atoms with van der Waals surface area (Å²) in [6.45, 7) is 2.33. The third kappa shape index (κ3) is 3.14. The van der Waals surface area contributed by atoms with Crippen molar-refractivity contribution in [3.63, 3.8) is 0 Å². The van der Waals surface area contributed by atoms with E-state index in [9.17, 15) is 9.59 Å². The summed E-state index contributed by atoms with van der Waals surface area (Å²) in [6.07, 6.45) is 4.66. The highest BCUT2D eigenvalue weighted by Gasteiger charge is 2.32. The van der Waals surface area contributed by atoms with Crippen LogP contribution in [0.15, 0.2) is 36.7 Å². The van der Waals surface area contributed by atoms with Crippen LogP contribution in [-0.4, -0.2) is 39.1 Å². The second kappa shape index (κ2) is 6.65. The molecule has 0 saturated carbocycles. The van der Waals surface area contributed by atoms with Gasteiger partial charge in [-0.3, -0.25) is 9.59 Å². The van der Waals surface area contributed by atoms with Gasteiger partial charge in [-0.05, 0) is 31.9 Å². The number of nitrogens with zero attached hydrogens (tertiary/aromatic N) is 3. The fourth-order valence-corrected chi connectivity index (χ4v) is 3.21. The van der Waals surface area contributed by atoms with Crippen LogP contribution >= 0.6 is 11.6 Å². The van der Waals surface area contributed by atoms with Crippen molar-refractivity contribution in [3.05, 3.63) is 47.2 Å². The topological polar surface area (TPSA) is 81.2 Å². The molecule has 0 aliphatic carbocycles. The molecule has 2 heterocycles. The van der Waals surface area contributed by atoms with Crippen LogP contribution in [-0.2, 0) is 4.79 Å². The predicted octanol–water partition coefficient (Wildman–Crippen LogP) is 2.25. The molecule has 0 radical (unpaired) electrons. The number of para-hydroxylation sites is 1. The van der Waals surface area contributed by atoms with Crippen LogP contribution in [0.3, 0.4) is 0 Å². The number of aromatic nitrogens is 2. The van der Waals surface area contributed by atoms with Crippen molar-refractivity contribution in [1.29, 1.82) is 0 Å². The number of rotatable bonds is 3. The fourth-order valence-electron chi connectivity index (χ4n) is 2.99. The van der Waals surface area contributed by atoms with E-state index in [1.165, 1.54) is 6.20 Å². The summed E-state index contributed by atoms with van der Waals surface area (Å²) in [5, 5.41) is 4.79. The van der Waals surface area contributed by atoms with E-state index in [1.807, 2.05) is 25.1 Å². The third-order valence-electron chi connectivity index (χ3n) is 4.47. The van der Waals surface area contributed by atoms with Gasteiger partial charge < -0.3 is 10.6 Å². The lowest BCUT2D eigenvalue weighted by atomic mass is 9.92. The smallest absolute Gasteiger partial charge is 0.257 e. The Kier molecular flexibility index (Phi) is 4.57. The quantitative estimate of drug-likeness (QED) is 0.925. The summed E-state index contributed by atoms with van der Waals surface area (Å²) in [4.78, 5) is 25.9. The molecule has 3 rings (SSSR count). The van der Waals surface area contributed by atoms with Gasteiger partial charge in [-0.15, -0.1) is 0 Å². The molecular weight excluding hydrogens is 328 g/mol. The highest BCUT2D eigenvalue weighted by Crippen LogP contribution is 2.24. The summed E-state index contributed by atoms with van der Waals surface area (Å²) in [5.74, 6) is -0.790. The number of likely N-dealkylation sites (tertiary alicyclic amines) is 1. The van der Waals surface area contributed by atoms with Crippen molar-refractivity contribution in [3.8, 4) is 5.69 Å². The molecule has 0 unspecified atom stereocenters. The van der Waals surface area contributed by atoms with Crippen LogP contribution in [0.1, 0.15) is 30.1 Å². The average molecular weight is 347 g/mol. The number of hydrogen-bond donors (Lipinski definition) is 1. The summed E-state index contributed by atoms with van der Waals surface area (Å²) in [6, 6.07) is 7.35. The molecular formula is C17H19ClN4O2. The van der Waals surface area contributed by atoms with Crippen LogP contribution in [0.2, 0.25) is 5.02 Å². The standard InChI is InChI=1S/C17H19ClN4O2/c1-11-6-7-12(16(19)23)9-21(11)17(24)13-8-20-22(10-13)15-5-3-2-4-14(15)18/h2-5,8,10-12H,6-7,9H2,1H3,(H2,19,23)/t11-,12-/m0/s1. The Labute approximate surface area is 145 Å². The first-order valence-corrected chi connectivity index (χ1v) is 8.25. The first-order chi connectivity index (χ1) is 11.5. The van der Waals surface area contributed by atoms with Crippen molar-refractivity contribution in [1.82, 2.24) is 14.7 Å². The van der Waals surface area contributed by atoms with Gasteiger partial charge in [-0.2, -0.15) is 5.10 Å². The van der Waals surface area contributed by atoms with E-state index in [4.69, 9.17) is 17.3 Å². The molecule has 1 fully saturated rings. The van der Waals surface area contributed by atoms with Gasteiger partial charge in [-0.1, -0.05) is 23.7 Å². The number of carbonyl (C=O) groups excluding carboxylic acids is 2. The highest BCUT2D eigenvalue weighted by molar-refractivity contribution is 6.32. The third-order valence-corrected chi connectivity index (χ3v) is 4.79. The molecule has 2 atom stereocenters. The Balaban J connectivity index is 1.83. The number of piperidine rings is 1. The Morgan fingerprint density at radius 1 is 1.29 bits per heavy atom. The van der Waals surface area contributed by atoms with Gasteiger partial charge in [0, 0.05) is 18.8 Å². The first-order valence-electron chi connectivity index (χ1n) is 7.87. The minimum Gasteiger partial charge on any atom is -0.369 e. The van der Waals surface area contributed by atoms with E-state index in [1.54, 1.807) is 21.8 Å². The van der Waals surface area contributed by atoms with E-state index < -0.39 is 0 Å². The molecule has 2 N–H and O–H groups in total. The number of halogens is 1. The Morgan fingerprint density at radius 2 is 2.04 bits per heavy atom. The molecule has 1 aliphatic heterocycles. The van der Waals surface area contributed by atoms with E-state index in [0.717, 1.165) is 12.8 Å². The zero-order valence-electron chi connectivity index (χ0n) is 13.4. The number of amides is 2. The minimum atomic E-state index is -0.355. The molecule has 24 heavy (non-hydrogen) atoms. The van der Waals surface area contributed by atoms with Crippen molar-refractivity contribution in [2.24, 2.45) is 11.7 Å². The van der Waals surface area contributed by atoms with Crippen LogP contribution in [0.25, 0.3) is 5.69 Å². The largest absolute Gasteiger partial charge is 0.369 e. The van der Waals surface area contributed by atoms with Gasteiger partial charge >= 0.3 is 0 Å². The fraction of sp³-hybridized carbons (Fsp3) is 0.353. The van der Waals surface area contributed by atoms with E-state index in [0.29, 0.717) is 22.8 Å². The van der Waals surface area contributed by atoms with Crippen molar-refractivity contribution < 1.29 is 9.59 Å². The zero-order valence-corrected chi connectivity index (χ0v) is 14.1. The first kappa shape index (κ1) is 16.5. The molecule has 2 aromatic rings. The lowest BCUT2D eigenvalue weighted by molar-refractivity contribution is -0.123. The molecule has 1 aromatic carbocycles. The molecule has 7 heteroatoms. The van der Waals surface area contributed by atoms with Crippen LogP contribution in [0.5, 0.6) is 0 Å². The second-order valence-corrected chi connectivity index (χ2v) is 6.52. The second-order valence-electron chi connectivity index (χ2n) is 6.11.